The van der Waals surface area contributed by atoms with Gasteiger partial charge >= 0.3 is 0 Å². The molecule has 6 nitrogen and oxygen atoms in total. The molecule has 2 aliphatic rings. The first kappa shape index (κ1) is 20.0. The van der Waals surface area contributed by atoms with Crippen LogP contribution in [0.5, 0.6) is 17.2 Å². The van der Waals surface area contributed by atoms with Crippen molar-refractivity contribution in [3.63, 3.8) is 0 Å². The number of ether oxygens (including phenoxy) is 3. The molecule has 1 atom stereocenters. The summed E-state index contributed by atoms with van der Waals surface area (Å²) in [7, 11) is 0. The summed E-state index contributed by atoms with van der Waals surface area (Å²) >= 11 is 3.40. The molecule has 0 radical (unpaired) electrons. The highest BCUT2D eigenvalue weighted by atomic mass is 79.9. The van der Waals surface area contributed by atoms with Crippen LogP contribution in [0.1, 0.15) is 12.5 Å². The topological polar surface area (TPSA) is 51.2 Å². The van der Waals surface area contributed by atoms with Crippen molar-refractivity contribution in [3.8, 4) is 17.2 Å². The summed E-state index contributed by atoms with van der Waals surface area (Å²) in [5, 5.41) is 0. The van der Waals surface area contributed by atoms with Gasteiger partial charge in [0.15, 0.2) is 17.6 Å². The van der Waals surface area contributed by atoms with Gasteiger partial charge in [-0.3, -0.25) is 9.69 Å². The largest absolute Gasteiger partial charge is 0.486 e. The van der Waals surface area contributed by atoms with Gasteiger partial charge in [-0.1, -0.05) is 22.0 Å². The molecule has 0 saturated carbocycles. The SMILES string of the molecule is CC(Oc1ccc(Br)cc1)C(=O)N1CCN(Cc2ccc3c(c2)OCCO3)CC1. The third-order valence-electron chi connectivity index (χ3n) is 5.17. The lowest BCUT2D eigenvalue weighted by atomic mass is 10.1. The summed E-state index contributed by atoms with van der Waals surface area (Å²) in [6, 6.07) is 13.6. The number of benzene rings is 2. The van der Waals surface area contributed by atoms with Crippen molar-refractivity contribution in [2.75, 3.05) is 39.4 Å². The number of piperazine rings is 1. The zero-order valence-corrected chi connectivity index (χ0v) is 18.1. The Labute approximate surface area is 179 Å². The molecule has 2 aliphatic heterocycles. The molecule has 7 heteroatoms. The number of nitrogens with zero attached hydrogens (tertiary/aromatic N) is 2. The number of hydrogen-bond donors (Lipinski definition) is 0. The Balaban J connectivity index is 1.27. The summed E-state index contributed by atoms with van der Waals surface area (Å²) in [5.74, 6) is 2.37. The van der Waals surface area contributed by atoms with Crippen LogP contribution in [0.2, 0.25) is 0 Å². The van der Waals surface area contributed by atoms with Gasteiger partial charge in [0.2, 0.25) is 0 Å². The summed E-state index contributed by atoms with van der Waals surface area (Å²) < 4.78 is 18.0. The number of rotatable bonds is 5. The highest BCUT2D eigenvalue weighted by Crippen LogP contribution is 2.31. The Morgan fingerprint density at radius 2 is 1.72 bits per heavy atom. The number of fused-ring (bicyclic) bond motifs is 1. The van der Waals surface area contributed by atoms with E-state index < -0.39 is 6.10 Å². The molecular formula is C22H25BrN2O4. The molecule has 0 spiro atoms. The lowest BCUT2D eigenvalue weighted by Crippen LogP contribution is -2.51. The van der Waals surface area contributed by atoms with Gasteiger partial charge in [0.1, 0.15) is 19.0 Å². The molecular weight excluding hydrogens is 436 g/mol. The van der Waals surface area contributed by atoms with Gasteiger partial charge < -0.3 is 19.1 Å². The smallest absolute Gasteiger partial charge is 0.263 e. The highest BCUT2D eigenvalue weighted by molar-refractivity contribution is 9.10. The number of carbonyl (C=O) groups excluding carboxylic acids is 1. The normalized spacial score (nSPS) is 17.7. The Morgan fingerprint density at radius 3 is 2.45 bits per heavy atom. The van der Waals surface area contributed by atoms with Crippen molar-refractivity contribution in [1.82, 2.24) is 9.80 Å². The van der Waals surface area contributed by atoms with E-state index in [0.29, 0.717) is 32.1 Å². The molecule has 2 aromatic carbocycles. The van der Waals surface area contributed by atoms with E-state index in [1.807, 2.05) is 42.2 Å². The van der Waals surface area contributed by atoms with E-state index >= 15 is 0 Å². The van der Waals surface area contributed by atoms with Crippen LogP contribution in [0.3, 0.4) is 0 Å². The number of amides is 1. The fourth-order valence-corrected chi connectivity index (χ4v) is 3.86. The summed E-state index contributed by atoms with van der Waals surface area (Å²) in [6.07, 6.45) is -0.500. The molecule has 4 rings (SSSR count). The van der Waals surface area contributed by atoms with Gasteiger partial charge in [0.05, 0.1) is 0 Å². The first-order valence-electron chi connectivity index (χ1n) is 9.90. The lowest BCUT2D eigenvalue weighted by Gasteiger charge is -2.36. The van der Waals surface area contributed by atoms with Gasteiger partial charge in [0.25, 0.3) is 5.91 Å². The minimum absolute atomic E-state index is 0.0342. The third kappa shape index (κ3) is 5.03. The zero-order chi connectivity index (χ0) is 20.2. The molecule has 1 amide bonds. The highest BCUT2D eigenvalue weighted by Gasteiger charge is 2.26. The molecule has 1 unspecified atom stereocenters. The fourth-order valence-electron chi connectivity index (χ4n) is 3.60. The van der Waals surface area contributed by atoms with Crippen LogP contribution in [0.15, 0.2) is 46.9 Å². The average molecular weight is 461 g/mol. The fraction of sp³-hybridized carbons (Fsp3) is 0.409. The molecule has 154 valence electrons. The van der Waals surface area contributed by atoms with Crippen molar-refractivity contribution in [3.05, 3.63) is 52.5 Å². The minimum atomic E-state index is -0.500. The first-order valence-corrected chi connectivity index (χ1v) is 10.7. The van der Waals surface area contributed by atoms with Crippen LogP contribution < -0.4 is 14.2 Å². The zero-order valence-electron chi connectivity index (χ0n) is 16.5. The standard InChI is InChI=1S/C22H25BrN2O4/c1-16(29-19-5-3-18(23)4-6-19)22(26)25-10-8-24(9-11-25)15-17-2-7-20-21(14-17)28-13-12-27-20/h2-7,14,16H,8-13,15H2,1H3. The van der Waals surface area contributed by atoms with Crippen LogP contribution in [-0.4, -0.2) is 61.2 Å². The Kier molecular flexibility index (Phi) is 6.25. The lowest BCUT2D eigenvalue weighted by molar-refractivity contribution is -0.139. The summed E-state index contributed by atoms with van der Waals surface area (Å²) in [4.78, 5) is 17.0. The number of carbonyl (C=O) groups is 1. The van der Waals surface area contributed by atoms with Crippen molar-refractivity contribution in [1.29, 1.82) is 0 Å². The van der Waals surface area contributed by atoms with Crippen LogP contribution >= 0.6 is 15.9 Å². The maximum atomic E-state index is 12.7. The first-order chi connectivity index (χ1) is 14.1. The quantitative estimate of drug-likeness (QED) is 0.684. The minimum Gasteiger partial charge on any atom is -0.486 e. The maximum Gasteiger partial charge on any atom is 0.263 e. The molecule has 0 aliphatic carbocycles. The third-order valence-corrected chi connectivity index (χ3v) is 5.70. The molecule has 0 N–H and O–H groups in total. The Morgan fingerprint density at radius 1 is 1.03 bits per heavy atom. The van der Waals surface area contributed by atoms with Crippen molar-refractivity contribution in [2.45, 2.75) is 19.6 Å². The van der Waals surface area contributed by atoms with E-state index in [-0.39, 0.29) is 5.91 Å². The van der Waals surface area contributed by atoms with Crippen LogP contribution in [0, 0.1) is 0 Å². The Hall–Kier alpha value is -2.25. The molecule has 1 fully saturated rings. The predicted octanol–water partition coefficient (Wildman–Crippen LogP) is 3.33. The van der Waals surface area contributed by atoms with Gasteiger partial charge in [-0.2, -0.15) is 0 Å². The second-order valence-corrected chi connectivity index (χ2v) is 8.21. The molecule has 0 bridgehead atoms. The van der Waals surface area contributed by atoms with Gasteiger partial charge in [0, 0.05) is 37.2 Å². The molecule has 2 aromatic rings. The van der Waals surface area contributed by atoms with Crippen molar-refractivity contribution < 1.29 is 19.0 Å². The van der Waals surface area contributed by atoms with E-state index in [1.54, 1.807) is 0 Å². The van der Waals surface area contributed by atoms with Crippen molar-refractivity contribution >= 4 is 21.8 Å². The van der Waals surface area contributed by atoms with E-state index in [1.165, 1.54) is 5.56 Å². The maximum absolute atomic E-state index is 12.7. The van der Waals surface area contributed by atoms with E-state index in [4.69, 9.17) is 14.2 Å². The van der Waals surface area contributed by atoms with Crippen LogP contribution in [-0.2, 0) is 11.3 Å². The van der Waals surface area contributed by atoms with Gasteiger partial charge in [-0.25, -0.2) is 0 Å². The van der Waals surface area contributed by atoms with Crippen molar-refractivity contribution in [2.24, 2.45) is 0 Å². The second-order valence-electron chi connectivity index (χ2n) is 7.29. The predicted molar refractivity (Wildman–Crippen MR) is 114 cm³/mol. The average Bonchev–Trinajstić information content (AvgIpc) is 2.75. The molecule has 29 heavy (non-hydrogen) atoms. The van der Waals surface area contributed by atoms with E-state index in [0.717, 1.165) is 35.6 Å². The van der Waals surface area contributed by atoms with Crippen LogP contribution in [0.25, 0.3) is 0 Å². The monoisotopic (exact) mass is 460 g/mol. The van der Waals surface area contributed by atoms with E-state index in [2.05, 4.69) is 33.0 Å². The van der Waals surface area contributed by atoms with Gasteiger partial charge in [-0.15, -0.1) is 0 Å². The van der Waals surface area contributed by atoms with E-state index in [9.17, 15) is 4.79 Å². The Bertz CT molecular complexity index is 850. The molecule has 1 saturated heterocycles. The summed E-state index contributed by atoms with van der Waals surface area (Å²) in [5.41, 5.74) is 1.20. The molecule has 2 heterocycles. The number of halogens is 1. The van der Waals surface area contributed by atoms with Crippen LogP contribution in [0.4, 0.5) is 0 Å². The van der Waals surface area contributed by atoms with Gasteiger partial charge in [-0.05, 0) is 48.9 Å². The second kappa shape index (κ2) is 9.05. The summed E-state index contributed by atoms with van der Waals surface area (Å²) in [6.45, 7) is 6.94. The molecule has 0 aromatic heterocycles. The number of hydrogen-bond acceptors (Lipinski definition) is 5.